The van der Waals surface area contributed by atoms with E-state index in [2.05, 4.69) is 43.5 Å². The summed E-state index contributed by atoms with van der Waals surface area (Å²) in [7, 11) is 0. The Hall–Kier alpha value is -1.66. The lowest BCUT2D eigenvalue weighted by Crippen LogP contribution is -2.45. The van der Waals surface area contributed by atoms with E-state index in [9.17, 15) is 19.8 Å². The number of ether oxygens (including phenoxy) is 1. The molecule has 1 amide bonds. The van der Waals surface area contributed by atoms with Gasteiger partial charge in [-0.1, -0.05) is 314 Å². The summed E-state index contributed by atoms with van der Waals surface area (Å²) in [5.74, 6) is -0.0258. The van der Waals surface area contributed by atoms with Gasteiger partial charge in [0, 0.05) is 12.8 Å². The number of unbranched alkanes of at least 4 members (excludes halogenated alkanes) is 45. The van der Waals surface area contributed by atoms with Crippen LogP contribution in [-0.2, 0) is 14.3 Å². The molecule has 0 aliphatic carbocycles. The van der Waals surface area contributed by atoms with Gasteiger partial charge in [0.2, 0.25) is 5.91 Å². The molecule has 0 aliphatic heterocycles. The molecular formula is C65H125NO5. The van der Waals surface area contributed by atoms with E-state index < -0.39 is 12.1 Å². The molecule has 0 bridgehead atoms. The third-order valence-electron chi connectivity index (χ3n) is 15.0. The van der Waals surface area contributed by atoms with E-state index in [-0.39, 0.29) is 18.5 Å². The zero-order valence-electron chi connectivity index (χ0n) is 48.0. The number of amides is 1. The highest BCUT2D eigenvalue weighted by atomic mass is 16.5. The molecule has 71 heavy (non-hydrogen) atoms. The van der Waals surface area contributed by atoms with E-state index in [0.29, 0.717) is 25.9 Å². The van der Waals surface area contributed by atoms with Crippen LogP contribution in [0.25, 0.3) is 0 Å². The fourth-order valence-corrected chi connectivity index (χ4v) is 10.1. The average Bonchev–Trinajstić information content (AvgIpc) is 3.37. The molecule has 2 atom stereocenters. The van der Waals surface area contributed by atoms with E-state index in [1.54, 1.807) is 0 Å². The van der Waals surface area contributed by atoms with Gasteiger partial charge < -0.3 is 20.3 Å². The number of esters is 1. The number of nitrogens with one attached hydrogen (secondary N) is 1. The molecule has 0 radical (unpaired) electrons. The molecule has 0 aromatic rings. The molecule has 6 heteroatoms. The van der Waals surface area contributed by atoms with Gasteiger partial charge in [-0.05, 0) is 51.4 Å². The van der Waals surface area contributed by atoms with Gasteiger partial charge in [0.05, 0.1) is 25.4 Å². The van der Waals surface area contributed by atoms with Gasteiger partial charge in [-0.2, -0.15) is 0 Å². The Morgan fingerprint density at radius 1 is 0.394 bits per heavy atom. The first-order valence-corrected chi connectivity index (χ1v) is 32.1. The zero-order chi connectivity index (χ0) is 51.4. The first-order valence-electron chi connectivity index (χ1n) is 32.1. The van der Waals surface area contributed by atoms with Gasteiger partial charge in [0.15, 0.2) is 0 Å². The lowest BCUT2D eigenvalue weighted by atomic mass is 10.0. The lowest BCUT2D eigenvalue weighted by Gasteiger charge is -2.22. The molecule has 6 nitrogen and oxygen atoms in total. The SMILES string of the molecule is CCCC/C=C\C/C=C\CCCCCCCC(=O)OCCCCCCCCCCCCCCCCCCCCCCCCCCCCCCCCCC(=O)NC(CO)C(O)CCCCCCCCCCC. The fourth-order valence-electron chi connectivity index (χ4n) is 10.1. The number of aliphatic hydroxyl groups is 2. The summed E-state index contributed by atoms with van der Waals surface area (Å²) >= 11 is 0. The van der Waals surface area contributed by atoms with Crippen LogP contribution in [0, 0.1) is 0 Å². The van der Waals surface area contributed by atoms with E-state index in [4.69, 9.17) is 4.74 Å². The van der Waals surface area contributed by atoms with Gasteiger partial charge in [-0.25, -0.2) is 0 Å². The van der Waals surface area contributed by atoms with Crippen LogP contribution in [0.3, 0.4) is 0 Å². The van der Waals surface area contributed by atoms with Crippen molar-refractivity contribution in [2.24, 2.45) is 0 Å². The van der Waals surface area contributed by atoms with E-state index >= 15 is 0 Å². The summed E-state index contributed by atoms with van der Waals surface area (Å²) in [6.07, 6.45) is 75.1. The largest absolute Gasteiger partial charge is 0.466 e. The molecule has 2 unspecified atom stereocenters. The van der Waals surface area contributed by atoms with Gasteiger partial charge in [-0.3, -0.25) is 9.59 Å². The molecule has 0 fully saturated rings. The van der Waals surface area contributed by atoms with Gasteiger partial charge in [-0.15, -0.1) is 0 Å². The van der Waals surface area contributed by atoms with Crippen molar-refractivity contribution in [3.63, 3.8) is 0 Å². The number of carbonyl (C=O) groups excluding carboxylic acids is 2. The second kappa shape index (κ2) is 60.9. The normalized spacial score (nSPS) is 12.7. The number of carbonyl (C=O) groups is 2. The predicted octanol–water partition coefficient (Wildman–Crippen LogP) is 20.2. The maximum Gasteiger partial charge on any atom is 0.305 e. The number of rotatable bonds is 60. The highest BCUT2D eigenvalue weighted by Gasteiger charge is 2.20. The van der Waals surface area contributed by atoms with Gasteiger partial charge in [0.1, 0.15) is 0 Å². The molecular weight excluding hydrogens is 875 g/mol. The molecule has 0 spiro atoms. The maximum absolute atomic E-state index is 12.4. The van der Waals surface area contributed by atoms with Crippen LogP contribution in [0.15, 0.2) is 24.3 Å². The fraction of sp³-hybridized carbons (Fsp3) is 0.908. The standard InChI is InChI=1S/C65H125NO5/c1-3-5-7-9-11-13-14-15-36-39-43-47-51-55-59-65(70)71-60-56-52-48-44-40-37-34-32-30-28-26-24-22-20-18-16-17-19-21-23-25-27-29-31-33-35-38-42-46-50-54-58-64(69)66-62(61-67)63(68)57-53-49-45-41-12-10-8-6-4-2/h9,11,14-15,62-63,67-68H,3-8,10,12-13,16-61H2,1-2H3,(H,66,69)/b11-9-,15-14-. The molecule has 0 heterocycles. The van der Waals surface area contributed by atoms with Crippen molar-refractivity contribution in [2.75, 3.05) is 13.2 Å². The maximum atomic E-state index is 12.4. The van der Waals surface area contributed by atoms with Crippen LogP contribution < -0.4 is 5.32 Å². The van der Waals surface area contributed by atoms with Gasteiger partial charge in [0.25, 0.3) is 0 Å². The summed E-state index contributed by atoms with van der Waals surface area (Å²) in [5, 5.41) is 23.1. The Balaban J connectivity index is 3.29. The van der Waals surface area contributed by atoms with Crippen molar-refractivity contribution in [1.29, 1.82) is 0 Å². The summed E-state index contributed by atoms with van der Waals surface area (Å²) in [5.41, 5.74) is 0. The van der Waals surface area contributed by atoms with Crippen LogP contribution in [0.2, 0.25) is 0 Å². The van der Waals surface area contributed by atoms with Crippen molar-refractivity contribution < 1.29 is 24.5 Å². The predicted molar refractivity (Wildman–Crippen MR) is 310 cm³/mol. The van der Waals surface area contributed by atoms with Crippen LogP contribution in [-0.4, -0.2) is 47.4 Å². The molecule has 3 N–H and O–H groups in total. The number of hydrogen-bond acceptors (Lipinski definition) is 5. The second-order valence-corrected chi connectivity index (χ2v) is 22.1. The minimum absolute atomic E-state index is 0.00612. The molecule has 0 saturated heterocycles. The number of hydrogen-bond donors (Lipinski definition) is 3. The van der Waals surface area contributed by atoms with Crippen molar-refractivity contribution in [3.05, 3.63) is 24.3 Å². The van der Waals surface area contributed by atoms with Crippen molar-refractivity contribution in [1.82, 2.24) is 5.32 Å². The first kappa shape index (κ1) is 69.3. The minimum atomic E-state index is -0.658. The molecule has 0 aromatic heterocycles. The van der Waals surface area contributed by atoms with Crippen LogP contribution in [0.4, 0.5) is 0 Å². The van der Waals surface area contributed by atoms with E-state index in [0.717, 1.165) is 51.4 Å². The number of aliphatic hydroxyl groups excluding tert-OH is 2. The zero-order valence-corrected chi connectivity index (χ0v) is 48.0. The Morgan fingerprint density at radius 2 is 0.718 bits per heavy atom. The number of allylic oxidation sites excluding steroid dienone is 4. The Kier molecular flexibility index (Phi) is 59.5. The molecule has 0 aliphatic rings. The second-order valence-electron chi connectivity index (χ2n) is 22.1. The third-order valence-corrected chi connectivity index (χ3v) is 15.0. The summed E-state index contributed by atoms with van der Waals surface area (Å²) in [6.45, 7) is 4.91. The van der Waals surface area contributed by atoms with Crippen molar-refractivity contribution in [3.8, 4) is 0 Å². The quantitative estimate of drug-likeness (QED) is 0.0320. The Morgan fingerprint density at radius 3 is 1.11 bits per heavy atom. The topological polar surface area (TPSA) is 95.9 Å². The van der Waals surface area contributed by atoms with E-state index in [1.165, 1.54) is 270 Å². The molecule has 0 aromatic carbocycles. The summed E-state index contributed by atoms with van der Waals surface area (Å²) in [6, 6.07) is -0.535. The molecule has 0 rings (SSSR count). The van der Waals surface area contributed by atoms with Gasteiger partial charge >= 0.3 is 5.97 Å². The van der Waals surface area contributed by atoms with Crippen LogP contribution in [0.1, 0.15) is 354 Å². The molecule has 420 valence electrons. The Labute approximate surface area is 443 Å². The summed E-state index contributed by atoms with van der Waals surface area (Å²) < 4.78 is 5.48. The minimum Gasteiger partial charge on any atom is -0.466 e. The smallest absolute Gasteiger partial charge is 0.305 e. The third kappa shape index (κ3) is 57.5. The van der Waals surface area contributed by atoms with Crippen LogP contribution in [0.5, 0.6) is 0 Å². The van der Waals surface area contributed by atoms with Crippen molar-refractivity contribution >= 4 is 11.9 Å². The highest BCUT2D eigenvalue weighted by molar-refractivity contribution is 5.76. The average molecular weight is 1000 g/mol. The molecule has 0 saturated carbocycles. The monoisotopic (exact) mass is 1000 g/mol. The van der Waals surface area contributed by atoms with Crippen molar-refractivity contribution in [2.45, 2.75) is 366 Å². The first-order chi connectivity index (χ1) is 35.0. The van der Waals surface area contributed by atoms with Crippen LogP contribution >= 0.6 is 0 Å². The van der Waals surface area contributed by atoms with E-state index in [1.807, 2.05) is 0 Å². The Bertz CT molecular complexity index is 1110. The highest BCUT2D eigenvalue weighted by Crippen LogP contribution is 2.18. The lowest BCUT2D eigenvalue weighted by molar-refractivity contribution is -0.143. The summed E-state index contributed by atoms with van der Waals surface area (Å²) in [4.78, 5) is 24.5.